The monoisotopic (exact) mass is 269 g/mol. The summed E-state index contributed by atoms with van der Waals surface area (Å²) in [5.74, 6) is 0.00302. The fourth-order valence-corrected chi connectivity index (χ4v) is 2.29. The maximum atomic E-state index is 12.3. The Morgan fingerprint density at radius 3 is 2.58 bits per heavy atom. The van der Waals surface area contributed by atoms with Crippen LogP contribution in [0, 0.1) is 5.41 Å². The highest BCUT2D eigenvalue weighted by atomic mass is 16.2. The zero-order valence-corrected chi connectivity index (χ0v) is 12.5. The molecule has 5 heteroatoms. The molecule has 0 bridgehead atoms. The molecule has 5 nitrogen and oxygen atoms in total. The summed E-state index contributed by atoms with van der Waals surface area (Å²) >= 11 is 0. The van der Waals surface area contributed by atoms with Crippen LogP contribution in [-0.2, 0) is 9.59 Å². The topological polar surface area (TPSA) is 75.4 Å². The van der Waals surface area contributed by atoms with Crippen molar-refractivity contribution in [2.24, 2.45) is 11.1 Å². The van der Waals surface area contributed by atoms with Crippen LogP contribution < -0.4 is 11.1 Å². The lowest BCUT2D eigenvalue weighted by Crippen LogP contribution is -2.50. The summed E-state index contributed by atoms with van der Waals surface area (Å²) in [6, 6.07) is -0.364. The van der Waals surface area contributed by atoms with Crippen LogP contribution in [0.5, 0.6) is 0 Å². The summed E-state index contributed by atoms with van der Waals surface area (Å²) < 4.78 is 0. The summed E-state index contributed by atoms with van der Waals surface area (Å²) in [5.41, 5.74) is 5.45. The number of nitrogens with one attached hydrogen (secondary N) is 1. The number of rotatable bonds is 4. The number of hydrogen-bond acceptors (Lipinski definition) is 3. The predicted molar refractivity (Wildman–Crippen MR) is 75.5 cm³/mol. The van der Waals surface area contributed by atoms with Crippen molar-refractivity contribution in [3.8, 4) is 0 Å². The number of hydrogen-bond donors (Lipinski definition) is 2. The Balaban J connectivity index is 2.63. The summed E-state index contributed by atoms with van der Waals surface area (Å²) in [6.07, 6.45) is 2.12. The zero-order chi connectivity index (χ0) is 14.6. The molecule has 0 spiro atoms. The molecule has 3 N–H and O–H groups in total. The van der Waals surface area contributed by atoms with Gasteiger partial charge in [-0.05, 0) is 25.2 Å². The maximum Gasteiger partial charge on any atom is 0.243 e. The molecule has 0 radical (unpaired) electrons. The molecule has 0 aromatic heterocycles. The molecule has 2 atom stereocenters. The number of carbonyl (C=O) groups is 2. The first-order chi connectivity index (χ1) is 8.74. The smallest absolute Gasteiger partial charge is 0.243 e. The van der Waals surface area contributed by atoms with Gasteiger partial charge in [-0.3, -0.25) is 9.59 Å². The van der Waals surface area contributed by atoms with Crippen LogP contribution >= 0.6 is 0 Å². The predicted octanol–water partition coefficient (Wildman–Crippen LogP) is 0.877. The number of nitrogens with zero attached hydrogens (tertiary/aromatic N) is 1. The lowest BCUT2D eigenvalue weighted by molar-refractivity contribution is -0.140. The lowest BCUT2D eigenvalue weighted by Gasteiger charge is -2.28. The quantitative estimate of drug-likeness (QED) is 0.795. The second-order valence-corrected chi connectivity index (χ2v) is 6.63. The van der Waals surface area contributed by atoms with Crippen LogP contribution in [0.4, 0.5) is 0 Å². The molecular weight excluding hydrogens is 242 g/mol. The Morgan fingerprint density at radius 2 is 2.05 bits per heavy atom. The van der Waals surface area contributed by atoms with Gasteiger partial charge >= 0.3 is 0 Å². The van der Waals surface area contributed by atoms with Crippen molar-refractivity contribution < 1.29 is 9.59 Å². The number of nitrogens with two attached hydrogens (primary N) is 1. The number of amides is 2. The highest BCUT2D eigenvalue weighted by molar-refractivity contribution is 5.88. The van der Waals surface area contributed by atoms with Gasteiger partial charge in [0.2, 0.25) is 11.8 Å². The largest absolute Gasteiger partial charge is 0.351 e. The minimum Gasteiger partial charge on any atom is -0.351 e. The fourth-order valence-electron chi connectivity index (χ4n) is 2.29. The zero-order valence-electron chi connectivity index (χ0n) is 12.5. The second kappa shape index (κ2) is 6.37. The van der Waals surface area contributed by atoms with Crippen molar-refractivity contribution in [3.05, 3.63) is 0 Å². The number of carbonyl (C=O) groups excluding carboxylic acids is 2. The van der Waals surface area contributed by atoms with Crippen LogP contribution in [0.2, 0.25) is 0 Å². The molecule has 1 saturated heterocycles. The average Bonchev–Trinajstić information content (AvgIpc) is 2.75. The summed E-state index contributed by atoms with van der Waals surface area (Å²) in [5, 5.41) is 2.86. The van der Waals surface area contributed by atoms with Gasteiger partial charge in [0.1, 0.15) is 6.04 Å². The molecular formula is C14H27N3O2. The molecule has 1 heterocycles. The maximum absolute atomic E-state index is 12.3. The van der Waals surface area contributed by atoms with Gasteiger partial charge in [0, 0.05) is 25.6 Å². The van der Waals surface area contributed by atoms with E-state index in [0.29, 0.717) is 19.5 Å². The van der Waals surface area contributed by atoms with E-state index in [1.165, 1.54) is 0 Å². The van der Waals surface area contributed by atoms with E-state index in [0.717, 1.165) is 12.8 Å². The van der Waals surface area contributed by atoms with Crippen molar-refractivity contribution in [1.29, 1.82) is 0 Å². The van der Waals surface area contributed by atoms with Gasteiger partial charge in [0.15, 0.2) is 0 Å². The summed E-state index contributed by atoms with van der Waals surface area (Å²) in [6.45, 7) is 9.07. The van der Waals surface area contributed by atoms with Crippen molar-refractivity contribution in [1.82, 2.24) is 10.2 Å². The molecule has 2 amide bonds. The van der Waals surface area contributed by atoms with E-state index in [9.17, 15) is 9.59 Å². The van der Waals surface area contributed by atoms with E-state index in [1.807, 2.05) is 27.7 Å². The Labute approximate surface area is 115 Å². The second-order valence-electron chi connectivity index (χ2n) is 6.63. The molecule has 110 valence electrons. The Hall–Kier alpha value is -1.10. The van der Waals surface area contributed by atoms with Gasteiger partial charge in [-0.2, -0.15) is 0 Å². The van der Waals surface area contributed by atoms with Crippen LogP contribution in [0.25, 0.3) is 0 Å². The average molecular weight is 269 g/mol. The van der Waals surface area contributed by atoms with Gasteiger partial charge in [-0.1, -0.05) is 20.8 Å². The van der Waals surface area contributed by atoms with Gasteiger partial charge < -0.3 is 16.0 Å². The van der Waals surface area contributed by atoms with E-state index in [-0.39, 0.29) is 29.3 Å². The molecule has 1 aliphatic heterocycles. The SMILES string of the molecule is C[C@@H](CN)NC(=O)C1CCCN1C(=O)CC(C)(C)C. The molecule has 1 rings (SSSR count). The highest BCUT2D eigenvalue weighted by Crippen LogP contribution is 2.24. The fraction of sp³-hybridized carbons (Fsp3) is 0.857. The minimum absolute atomic E-state index is 0.0485. The molecule has 0 aliphatic carbocycles. The van der Waals surface area contributed by atoms with Gasteiger partial charge in [0.05, 0.1) is 0 Å². The molecule has 1 aliphatic rings. The first-order valence-corrected chi connectivity index (χ1v) is 7.04. The Kier molecular flexibility index (Phi) is 5.35. The van der Waals surface area contributed by atoms with E-state index in [4.69, 9.17) is 5.73 Å². The van der Waals surface area contributed by atoms with Gasteiger partial charge in [-0.15, -0.1) is 0 Å². The van der Waals surface area contributed by atoms with E-state index >= 15 is 0 Å². The molecule has 1 unspecified atom stereocenters. The van der Waals surface area contributed by atoms with Crippen molar-refractivity contribution in [2.45, 2.75) is 59.0 Å². The first kappa shape index (κ1) is 16.0. The third-order valence-electron chi connectivity index (χ3n) is 3.30. The van der Waals surface area contributed by atoms with Crippen LogP contribution in [0.3, 0.4) is 0 Å². The molecule has 0 saturated carbocycles. The minimum atomic E-state index is -0.316. The van der Waals surface area contributed by atoms with E-state index < -0.39 is 0 Å². The van der Waals surface area contributed by atoms with E-state index in [2.05, 4.69) is 5.32 Å². The molecule has 1 fully saturated rings. The van der Waals surface area contributed by atoms with Crippen molar-refractivity contribution in [3.63, 3.8) is 0 Å². The van der Waals surface area contributed by atoms with Crippen LogP contribution in [0.15, 0.2) is 0 Å². The lowest BCUT2D eigenvalue weighted by atomic mass is 9.91. The van der Waals surface area contributed by atoms with Crippen molar-refractivity contribution >= 4 is 11.8 Å². The summed E-state index contributed by atoms with van der Waals surface area (Å²) in [4.78, 5) is 26.1. The van der Waals surface area contributed by atoms with Crippen LogP contribution in [0.1, 0.15) is 47.0 Å². The molecule has 0 aromatic carbocycles. The van der Waals surface area contributed by atoms with Gasteiger partial charge in [0.25, 0.3) is 0 Å². The number of likely N-dealkylation sites (tertiary alicyclic amines) is 1. The normalized spacial score (nSPS) is 21.3. The Bertz CT molecular complexity index is 336. The highest BCUT2D eigenvalue weighted by Gasteiger charge is 2.35. The first-order valence-electron chi connectivity index (χ1n) is 7.04. The van der Waals surface area contributed by atoms with E-state index in [1.54, 1.807) is 4.90 Å². The Morgan fingerprint density at radius 1 is 1.42 bits per heavy atom. The van der Waals surface area contributed by atoms with Crippen molar-refractivity contribution in [2.75, 3.05) is 13.1 Å². The van der Waals surface area contributed by atoms with Gasteiger partial charge in [-0.25, -0.2) is 0 Å². The molecule has 0 aromatic rings. The summed E-state index contributed by atoms with van der Waals surface area (Å²) in [7, 11) is 0. The molecule has 19 heavy (non-hydrogen) atoms. The third kappa shape index (κ3) is 4.82. The standard InChI is InChI=1S/C14H27N3O2/c1-10(9-15)16-13(19)11-6-5-7-17(11)12(18)8-14(2,3)4/h10-11H,5-9,15H2,1-4H3,(H,16,19)/t10-,11?/m0/s1. The third-order valence-corrected chi connectivity index (χ3v) is 3.30. The van der Waals surface area contributed by atoms with Crippen LogP contribution in [-0.4, -0.2) is 41.9 Å².